The molecule has 0 saturated heterocycles. The van der Waals surface area contributed by atoms with E-state index in [1.165, 1.54) is 6.92 Å². The fourth-order valence-corrected chi connectivity index (χ4v) is 3.29. The van der Waals surface area contributed by atoms with Gasteiger partial charge in [-0.2, -0.15) is 0 Å². The minimum atomic E-state index is -3.73. The van der Waals surface area contributed by atoms with Crippen LogP contribution in [0, 0.1) is 0 Å². The predicted octanol–water partition coefficient (Wildman–Crippen LogP) is -0.0330. The lowest BCUT2D eigenvalue weighted by Crippen LogP contribution is -2.51. The Labute approximate surface area is 193 Å². The number of rotatable bonds is 9. The van der Waals surface area contributed by atoms with Gasteiger partial charge in [0.05, 0.1) is 12.3 Å². The Balaban J connectivity index is 2.65. The van der Waals surface area contributed by atoms with Crippen LogP contribution in [0.2, 0.25) is 0 Å². The van der Waals surface area contributed by atoms with Crippen LogP contribution in [0.15, 0.2) is 24.3 Å². The summed E-state index contributed by atoms with van der Waals surface area (Å²) in [4.78, 5) is 59.6. The molecule has 4 N–H and O–H groups in total. The predicted molar refractivity (Wildman–Crippen MR) is 122 cm³/mol. The number of sulfonamides is 1. The number of carbonyl (C=O) groups is 5. The first-order valence-electron chi connectivity index (χ1n) is 10.1. The van der Waals surface area contributed by atoms with E-state index in [0.29, 0.717) is 12.0 Å². The number of para-hydroxylation sites is 1. The molecular weight excluding hydrogens is 452 g/mol. The molecule has 0 heterocycles. The fraction of sp³-hybridized carbons (Fsp3) is 0.476. The highest BCUT2D eigenvalue weighted by Gasteiger charge is 2.25. The summed E-state index contributed by atoms with van der Waals surface area (Å²) in [7, 11) is -3.73. The van der Waals surface area contributed by atoms with E-state index in [-0.39, 0.29) is 18.3 Å². The van der Waals surface area contributed by atoms with Crippen molar-refractivity contribution in [2.24, 2.45) is 0 Å². The van der Waals surface area contributed by atoms with Crippen molar-refractivity contribution in [3.8, 4) is 0 Å². The second-order valence-corrected chi connectivity index (χ2v) is 10.3. The molecule has 4 amide bonds. The maximum Gasteiger partial charge on any atom is 0.313 e. The molecule has 12 heteroatoms. The van der Waals surface area contributed by atoms with Gasteiger partial charge in [0.2, 0.25) is 21.8 Å². The van der Waals surface area contributed by atoms with Crippen LogP contribution in [0.3, 0.4) is 0 Å². The van der Waals surface area contributed by atoms with E-state index < -0.39 is 45.7 Å². The summed E-state index contributed by atoms with van der Waals surface area (Å²) in [5, 5.41) is 7.10. The molecule has 0 saturated carbocycles. The van der Waals surface area contributed by atoms with Crippen LogP contribution < -0.4 is 20.7 Å². The quantitative estimate of drug-likeness (QED) is 0.283. The van der Waals surface area contributed by atoms with E-state index in [9.17, 15) is 32.4 Å². The van der Waals surface area contributed by atoms with E-state index in [1.807, 2.05) is 32.9 Å². The van der Waals surface area contributed by atoms with Crippen molar-refractivity contribution < 1.29 is 32.4 Å². The summed E-state index contributed by atoms with van der Waals surface area (Å²) in [5.41, 5.74) is 1.01. The maximum absolute atomic E-state index is 12.3. The van der Waals surface area contributed by atoms with Gasteiger partial charge < -0.3 is 20.7 Å². The Morgan fingerprint density at radius 3 is 2.18 bits per heavy atom. The van der Waals surface area contributed by atoms with Crippen LogP contribution in [-0.4, -0.2) is 56.7 Å². The molecule has 182 valence electrons. The number of carbonyl (C=O) groups excluding carboxylic acids is 5. The number of hydrogen-bond donors (Lipinski definition) is 4. The van der Waals surface area contributed by atoms with Crippen LogP contribution in [-0.2, 0) is 39.4 Å². The van der Waals surface area contributed by atoms with E-state index in [4.69, 9.17) is 0 Å². The first-order valence-corrected chi connectivity index (χ1v) is 12.0. The topological polar surface area (TPSA) is 168 Å². The molecule has 2 atom stereocenters. The van der Waals surface area contributed by atoms with Gasteiger partial charge in [-0.1, -0.05) is 39.0 Å². The van der Waals surface area contributed by atoms with Crippen molar-refractivity contribution in [1.82, 2.24) is 15.4 Å². The van der Waals surface area contributed by atoms with Gasteiger partial charge in [-0.05, 0) is 30.4 Å². The summed E-state index contributed by atoms with van der Waals surface area (Å²) >= 11 is 0. The van der Waals surface area contributed by atoms with Gasteiger partial charge in [0.15, 0.2) is 0 Å². The first-order chi connectivity index (χ1) is 15.1. The van der Waals surface area contributed by atoms with Gasteiger partial charge in [-0.3, -0.25) is 23.9 Å². The van der Waals surface area contributed by atoms with Gasteiger partial charge in [-0.25, -0.2) is 8.42 Å². The Morgan fingerprint density at radius 2 is 1.64 bits per heavy atom. The Morgan fingerprint density at radius 1 is 1.03 bits per heavy atom. The van der Waals surface area contributed by atoms with E-state index in [2.05, 4.69) is 16.0 Å². The number of anilines is 1. The second kappa shape index (κ2) is 11.5. The Kier molecular flexibility index (Phi) is 9.71. The molecule has 0 aliphatic heterocycles. The zero-order chi connectivity index (χ0) is 25.4. The third-order valence-electron chi connectivity index (χ3n) is 4.40. The van der Waals surface area contributed by atoms with Crippen LogP contribution in [0.5, 0.6) is 0 Å². The van der Waals surface area contributed by atoms with Gasteiger partial charge in [0.25, 0.3) is 0 Å². The van der Waals surface area contributed by atoms with Gasteiger partial charge >= 0.3 is 11.8 Å². The monoisotopic (exact) mass is 482 g/mol. The molecule has 1 aromatic carbocycles. The third-order valence-corrected chi connectivity index (χ3v) is 5.00. The highest BCUT2D eigenvalue weighted by atomic mass is 32.2. The smallest absolute Gasteiger partial charge is 0.313 e. The molecule has 1 aromatic rings. The molecule has 33 heavy (non-hydrogen) atoms. The molecule has 0 radical (unpaired) electrons. The summed E-state index contributed by atoms with van der Waals surface area (Å²) in [5.74, 6) is -3.59. The summed E-state index contributed by atoms with van der Waals surface area (Å²) in [6, 6.07) is 4.78. The zero-order valence-corrected chi connectivity index (χ0v) is 20.0. The number of aldehydes is 1. The molecule has 0 bridgehead atoms. The molecule has 0 aliphatic rings. The molecule has 0 aliphatic carbocycles. The largest absolute Gasteiger partial charge is 0.345 e. The highest BCUT2D eigenvalue weighted by molar-refractivity contribution is 7.89. The summed E-state index contributed by atoms with van der Waals surface area (Å²) in [6.45, 7) is 7.19. The minimum absolute atomic E-state index is 0.151. The van der Waals surface area contributed by atoms with Crippen molar-refractivity contribution in [3.63, 3.8) is 0 Å². The second-order valence-electron chi connectivity index (χ2n) is 8.53. The van der Waals surface area contributed by atoms with Crippen LogP contribution in [0.4, 0.5) is 5.69 Å². The maximum atomic E-state index is 12.3. The summed E-state index contributed by atoms with van der Waals surface area (Å²) in [6.07, 6.45) is 0.719. The lowest BCUT2D eigenvalue weighted by molar-refractivity contribution is -0.138. The zero-order valence-electron chi connectivity index (χ0n) is 19.2. The number of amides is 4. The molecule has 0 fully saturated rings. The molecule has 1 rings (SSSR count). The third kappa shape index (κ3) is 9.81. The van der Waals surface area contributed by atoms with Crippen molar-refractivity contribution in [1.29, 1.82) is 0 Å². The normalized spacial score (nSPS) is 13.2. The number of nitrogens with one attached hydrogen (secondary N) is 4. The average molecular weight is 483 g/mol. The van der Waals surface area contributed by atoms with Crippen molar-refractivity contribution in [2.75, 3.05) is 11.6 Å². The van der Waals surface area contributed by atoms with E-state index in [0.717, 1.165) is 11.8 Å². The highest BCUT2D eigenvalue weighted by Crippen LogP contribution is 2.29. The van der Waals surface area contributed by atoms with Crippen molar-refractivity contribution in [3.05, 3.63) is 29.8 Å². The SMILES string of the molecule is CC(NC(=O)C(=O)Nc1ccccc1C(C)(C)C)C(=O)NC(C=O)CCC(=O)NS(C)(=O)=O. The Hall–Kier alpha value is -3.28. The lowest BCUT2D eigenvalue weighted by atomic mass is 9.86. The fourth-order valence-electron chi connectivity index (χ4n) is 2.78. The molecular formula is C21H30N4O7S. The average Bonchev–Trinajstić information content (AvgIpc) is 2.68. The lowest BCUT2D eigenvalue weighted by Gasteiger charge is -2.23. The number of hydrogen-bond acceptors (Lipinski definition) is 7. The van der Waals surface area contributed by atoms with Gasteiger partial charge in [0.1, 0.15) is 12.3 Å². The first kappa shape index (κ1) is 27.8. The standard InChI is InChI=1S/C21H30N4O7S/c1-13(18(28)23-14(12-26)10-11-17(27)25-33(5,31)32)22-19(29)20(30)24-16-9-7-6-8-15(16)21(2,3)4/h6-9,12-14H,10-11H2,1-5H3,(H,22,29)(H,23,28)(H,24,30)(H,25,27). The molecule has 0 aromatic heterocycles. The molecule has 0 spiro atoms. The Bertz CT molecular complexity index is 1020. The van der Waals surface area contributed by atoms with Crippen molar-refractivity contribution >= 4 is 45.6 Å². The van der Waals surface area contributed by atoms with E-state index in [1.54, 1.807) is 16.9 Å². The minimum Gasteiger partial charge on any atom is -0.345 e. The number of benzene rings is 1. The van der Waals surface area contributed by atoms with Crippen molar-refractivity contribution in [2.45, 2.75) is 58.0 Å². The van der Waals surface area contributed by atoms with E-state index >= 15 is 0 Å². The molecule has 2 unspecified atom stereocenters. The van der Waals surface area contributed by atoms with Gasteiger partial charge in [0, 0.05) is 12.1 Å². The van der Waals surface area contributed by atoms with Crippen LogP contribution >= 0.6 is 0 Å². The van der Waals surface area contributed by atoms with Crippen LogP contribution in [0.25, 0.3) is 0 Å². The molecule has 11 nitrogen and oxygen atoms in total. The summed E-state index contributed by atoms with van der Waals surface area (Å²) < 4.78 is 23.8. The van der Waals surface area contributed by atoms with Crippen LogP contribution in [0.1, 0.15) is 46.1 Å². The van der Waals surface area contributed by atoms with Gasteiger partial charge in [-0.15, -0.1) is 0 Å².